The zero-order chi connectivity index (χ0) is 27.4. The van der Waals surface area contributed by atoms with Gasteiger partial charge in [0, 0.05) is 61.0 Å². The second-order valence-corrected chi connectivity index (χ2v) is 8.85. The third kappa shape index (κ3) is 6.00. The van der Waals surface area contributed by atoms with Crippen LogP contribution in [0.5, 0.6) is 0 Å². The van der Waals surface area contributed by atoms with E-state index in [1.54, 1.807) is 11.1 Å². The molecule has 0 aliphatic carbocycles. The van der Waals surface area contributed by atoms with Crippen LogP contribution < -0.4 is 11.1 Å². The second-order valence-electron chi connectivity index (χ2n) is 8.85. The number of fused-ring (bicyclic) bond motifs is 1. The minimum atomic E-state index is -1.03. The average molecular weight is 520 g/mol. The van der Waals surface area contributed by atoms with Gasteiger partial charge in [-0.05, 0) is 17.7 Å². The fourth-order valence-corrected chi connectivity index (χ4v) is 4.23. The van der Waals surface area contributed by atoms with Gasteiger partial charge >= 0.3 is 5.97 Å². The number of benzene rings is 2. The van der Waals surface area contributed by atoms with Gasteiger partial charge in [-0.3, -0.25) is 34.6 Å². The lowest BCUT2D eigenvalue weighted by Gasteiger charge is -2.30. The van der Waals surface area contributed by atoms with Crippen LogP contribution >= 0.6 is 0 Å². The largest absolute Gasteiger partial charge is 0.480 e. The van der Waals surface area contributed by atoms with Gasteiger partial charge in [-0.25, -0.2) is 0 Å². The number of aromatic nitrogens is 2. The minimum Gasteiger partial charge on any atom is -0.480 e. The van der Waals surface area contributed by atoms with E-state index in [1.165, 1.54) is 53.2 Å². The first-order chi connectivity index (χ1) is 18.1. The van der Waals surface area contributed by atoms with Crippen LogP contribution in [0, 0.1) is 15.5 Å². The first-order valence-corrected chi connectivity index (χ1v) is 11.6. The van der Waals surface area contributed by atoms with E-state index in [2.05, 4.69) is 10.4 Å². The molecule has 13 nitrogen and oxygen atoms in total. The Bertz CT molecular complexity index is 1400. The molecule has 0 unspecified atom stereocenters. The molecule has 1 aliphatic rings. The van der Waals surface area contributed by atoms with Crippen LogP contribution in [0.3, 0.4) is 0 Å². The third-order valence-electron chi connectivity index (χ3n) is 6.16. The Balaban J connectivity index is 1.55. The molecule has 38 heavy (non-hydrogen) atoms. The maximum Gasteiger partial charge on any atom is 0.325 e. The Kier molecular flexibility index (Phi) is 7.46. The minimum absolute atomic E-state index is 0.0897. The van der Waals surface area contributed by atoms with Crippen molar-refractivity contribution < 1.29 is 24.4 Å². The molecule has 1 aromatic heterocycles. The number of hydrogen-bond acceptors (Lipinski definition) is 7. The monoisotopic (exact) mass is 519 g/mol. The van der Waals surface area contributed by atoms with Gasteiger partial charge in [-0.15, -0.1) is 0 Å². The van der Waals surface area contributed by atoms with Crippen LogP contribution in [-0.4, -0.2) is 60.9 Å². The maximum absolute atomic E-state index is 13.6. The molecule has 3 aromatic rings. The molecule has 13 heteroatoms. The quantitative estimate of drug-likeness (QED) is 0.139. The van der Waals surface area contributed by atoms with E-state index in [9.17, 15) is 24.5 Å². The number of aliphatic carboxylic acids is 1. The Morgan fingerprint density at radius 2 is 1.79 bits per heavy atom. The molecule has 0 spiro atoms. The predicted octanol–water partition coefficient (Wildman–Crippen LogP) is 1.09. The van der Waals surface area contributed by atoms with Crippen molar-refractivity contribution in [3.8, 4) is 0 Å². The lowest BCUT2D eigenvalue weighted by atomic mass is 10.0. The van der Waals surface area contributed by atoms with Crippen LogP contribution in [0.25, 0.3) is 0 Å². The highest BCUT2D eigenvalue weighted by atomic mass is 16.6. The number of nitrogens with two attached hydrogens (primary N) is 1. The molecule has 0 bridgehead atoms. The number of carbonyl (C=O) groups excluding carboxylic acids is 2. The third-order valence-corrected chi connectivity index (χ3v) is 6.16. The van der Waals surface area contributed by atoms with E-state index in [1.807, 2.05) is 0 Å². The molecule has 1 aliphatic heterocycles. The van der Waals surface area contributed by atoms with Crippen LogP contribution in [-0.2, 0) is 35.5 Å². The van der Waals surface area contributed by atoms with Crippen LogP contribution in [0.2, 0.25) is 0 Å². The highest BCUT2D eigenvalue weighted by molar-refractivity contribution is 5.99. The second kappa shape index (κ2) is 10.9. The number of carboxylic acids is 1. The van der Waals surface area contributed by atoms with Crippen LogP contribution in [0.4, 0.5) is 5.69 Å². The number of carboxylic acid groups (broad SMARTS) is 1. The van der Waals surface area contributed by atoms with Crippen LogP contribution in [0.1, 0.15) is 32.7 Å². The molecule has 0 saturated heterocycles. The predicted molar refractivity (Wildman–Crippen MR) is 134 cm³/mol. The summed E-state index contributed by atoms with van der Waals surface area (Å²) in [6.45, 7) is 0.242. The number of amidine groups is 1. The van der Waals surface area contributed by atoms with E-state index in [4.69, 9.17) is 16.2 Å². The van der Waals surface area contributed by atoms with Gasteiger partial charge in [0.15, 0.2) is 0 Å². The molecular formula is C25H25N7O6. The number of nitro groups is 1. The standard InChI is InChI=1S/C25H25N7O6/c26-23(27)16-3-5-17(6-4-16)24(35)28-21(11-15-1-7-19(8-2-15)32(37)38)25(36)30-10-9-20-18(12-30)13-31(29-20)14-22(33)34/h1-8,13,21H,9-12,14H2,(H3,26,27)(H,28,35)(H,33,34)/t21-/m0/s1. The highest BCUT2D eigenvalue weighted by Gasteiger charge is 2.30. The van der Waals surface area contributed by atoms with Crippen molar-refractivity contribution in [2.24, 2.45) is 5.73 Å². The van der Waals surface area contributed by atoms with Crippen molar-refractivity contribution in [3.63, 3.8) is 0 Å². The first kappa shape index (κ1) is 26.0. The zero-order valence-electron chi connectivity index (χ0n) is 20.2. The summed E-state index contributed by atoms with van der Waals surface area (Å²) in [5, 5.41) is 34.6. The lowest BCUT2D eigenvalue weighted by Crippen LogP contribution is -2.50. The molecule has 0 radical (unpaired) electrons. The summed E-state index contributed by atoms with van der Waals surface area (Å²) in [7, 11) is 0. The van der Waals surface area contributed by atoms with E-state index < -0.39 is 22.8 Å². The van der Waals surface area contributed by atoms with Crippen molar-refractivity contribution in [2.75, 3.05) is 6.54 Å². The topological polar surface area (TPSA) is 198 Å². The SMILES string of the molecule is N=C(N)c1ccc(C(=O)N[C@@H](Cc2ccc([N+](=O)[O-])cc2)C(=O)N2CCc3nn(CC(=O)O)cc3C2)cc1. The molecule has 1 atom stereocenters. The Labute approximate surface area is 216 Å². The van der Waals surface area contributed by atoms with E-state index in [0.29, 0.717) is 24.1 Å². The van der Waals surface area contributed by atoms with Gasteiger partial charge in [0.2, 0.25) is 5.91 Å². The van der Waals surface area contributed by atoms with Gasteiger partial charge < -0.3 is 21.1 Å². The first-order valence-electron chi connectivity index (χ1n) is 11.6. The number of rotatable bonds is 9. The number of nitro benzene ring substituents is 1. The molecule has 0 saturated carbocycles. The number of amides is 2. The van der Waals surface area contributed by atoms with Crippen LogP contribution in [0.15, 0.2) is 54.7 Å². The molecule has 2 aromatic carbocycles. The molecule has 4 rings (SSSR count). The number of nitrogens with zero attached hydrogens (tertiary/aromatic N) is 4. The van der Waals surface area contributed by atoms with E-state index >= 15 is 0 Å². The Hall–Kier alpha value is -5.07. The van der Waals surface area contributed by atoms with Crippen molar-refractivity contribution in [1.82, 2.24) is 20.0 Å². The number of nitrogen functional groups attached to an aromatic ring is 1. The lowest BCUT2D eigenvalue weighted by molar-refractivity contribution is -0.384. The van der Waals surface area contributed by atoms with Crippen molar-refractivity contribution in [3.05, 3.63) is 92.8 Å². The summed E-state index contributed by atoms with van der Waals surface area (Å²) in [6, 6.07) is 10.8. The smallest absolute Gasteiger partial charge is 0.325 e. The molecule has 2 amide bonds. The summed E-state index contributed by atoms with van der Waals surface area (Å²) in [5.41, 5.74) is 8.17. The molecular weight excluding hydrogens is 494 g/mol. The molecule has 196 valence electrons. The summed E-state index contributed by atoms with van der Waals surface area (Å²) < 4.78 is 1.32. The summed E-state index contributed by atoms with van der Waals surface area (Å²) in [5.74, 6) is -2.03. The maximum atomic E-state index is 13.6. The van der Waals surface area contributed by atoms with Gasteiger partial charge in [-0.1, -0.05) is 24.3 Å². The molecule has 5 N–H and O–H groups in total. The van der Waals surface area contributed by atoms with Gasteiger partial charge in [-0.2, -0.15) is 5.10 Å². The summed E-state index contributed by atoms with van der Waals surface area (Å²) >= 11 is 0. The van der Waals surface area contributed by atoms with Gasteiger partial charge in [0.05, 0.1) is 10.6 Å². The molecule has 0 fully saturated rings. The number of carbonyl (C=O) groups is 3. The Morgan fingerprint density at radius 1 is 1.13 bits per heavy atom. The Morgan fingerprint density at radius 3 is 2.39 bits per heavy atom. The number of hydrogen-bond donors (Lipinski definition) is 4. The van der Waals surface area contributed by atoms with Crippen molar-refractivity contribution in [2.45, 2.75) is 32.0 Å². The van der Waals surface area contributed by atoms with Gasteiger partial charge in [0.1, 0.15) is 18.4 Å². The normalized spacial score (nSPS) is 13.3. The van der Waals surface area contributed by atoms with Crippen molar-refractivity contribution in [1.29, 1.82) is 5.41 Å². The molecule has 2 heterocycles. The summed E-state index contributed by atoms with van der Waals surface area (Å²) in [6.07, 6.45) is 2.12. The van der Waals surface area contributed by atoms with Gasteiger partial charge in [0.25, 0.3) is 11.6 Å². The number of non-ortho nitro benzene ring substituents is 1. The van der Waals surface area contributed by atoms with E-state index in [0.717, 1.165) is 11.3 Å². The van der Waals surface area contributed by atoms with E-state index in [-0.39, 0.29) is 42.5 Å². The fourth-order valence-electron chi connectivity index (χ4n) is 4.23. The zero-order valence-corrected chi connectivity index (χ0v) is 20.2. The highest BCUT2D eigenvalue weighted by Crippen LogP contribution is 2.20. The number of nitrogens with one attached hydrogen (secondary N) is 2. The fraction of sp³-hybridized carbons (Fsp3) is 0.240. The van der Waals surface area contributed by atoms with Crippen molar-refractivity contribution >= 4 is 29.3 Å². The summed E-state index contributed by atoms with van der Waals surface area (Å²) in [4.78, 5) is 49.7. The average Bonchev–Trinajstić information content (AvgIpc) is 3.29.